The van der Waals surface area contributed by atoms with Crippen molar-refractivity contribution < 1.29 is 9.53 Å². The van der Waals surface area contributed by atoms with Gasteiger partial charge in [-0.3, -0.25) is 4.79 Å². The Kier molecular flexibility index (Phi) is 4.67. The number of benzene rings is 1. The molecule has 0 spiro atoms. The molecule has 0 unspecified atom stereocenters. The first-order valence-electron chi connectivity index (χ1n) is 5.86. The van der Waals surface area contributed by atoms with E-state index >= 15 is 0 Å². The van der Waals surface area contributed by atoms with Crippen LogP contribution in [0.2, 0.25) is 0 Å². The number of carbonyl (C=O) groups excluding carboxylic acids is 1. The summed E-state index contributed by atoms with van der Waals surface area (Å²) in [4.78, 5) is 11.9. The van der Waals surface area contributed by atoms with E-state index in [1.165, 1.54) is 0 Å². The molecule has 0 aromatic heterocycles. The number of cyclic esters (lactones) is 1. The average molecular weight is 338 g/mol. The van der Waals surface area contributed by atoms with Crippen LogP contribution in [0.3, 0.4) is 0 Å². The lowest BCUT2D eigenvalue weighted by molar-refractivity contribution is -0.139. The van der Waals surface area contributed by atoms with Gasteiger partial charge in [0.05, 0.1) is 11.3 Å². The minimum Gasteiger partial charge on any atom is -0.425 e. The maximum Gasteiger partial charge on any atom is 0.330 e. The molecule has 0 N–H and O–H groups in total. The second kappa shape index (κ2) is 6.27. The van der Waals surface area contributed by atoms with Gasteiger partial charge in [-0.25, -0.2) is 0 Å². The van der Waals surface area contributed by atoms with Crippen molar-refractivity contribution in [3.05, 3.63) is 40.4 Å². The van der Waals surface area contributed by atoms with Crippen LogP contribution in [0, 0.1) is 17.2 Å². The smallest absolute Gasteiger partial charge is 0.330 e. The van der Waals surface area contributed by atoms with Gasteiger partial charge >= 0.3 is 5.97 Å². The van der Waals surface area contributed by atoms with E-state index in [0.29, 0.717) is 5.76 Å². The highest BCUT2D eigenvalue weighted by atomic mass is 79.9. The molecule has 0 amide bonds. The van der Waals surface area contributed by atoms with E-state index in [1.807, 2.05) is 43.3 Å². The molecule has 19 heavy (non-hydrogen) atoms. The quantitative estimate of drug-likeness (QED) is 0.790. The van der Waals surface area contributed by atoms with Gasteiger partial charge in [0.1, 0.15) is 5.76 Å². The number of nitrogens with zero attached hydrogens (tertiary/aromatic N) is 1. The summed E-state index contributed by atoms with van der Waals surface area (Å²) >= 11 is 4.95. The molecule has 2 atom stereocenters. The highest BCUT2D eigenvalue weighted by Gasteiger charge is 2.34. The minimum absolute atomic E-state index is 0.144. The number of esters is 1. The van der Waals surface area contributed by atoms with Crippen LogP contribution in [0.4, 0.5) is 0 Å². The van der Waals surface area contributed by atoms with E-state index in [9.17, 15) is 4.79 Å². The third kappa shape index (κ3) is 3.20. The summed E-state index contributed by atoms with van der Waals surface area (Å²) in [7, 11) is 0. The molecule has 0 aliphatic carbocycles. The summed E-state index contributed by atoms with van der Waals surface area (Å²) in [6.45, 7) is 2.01. The molecule has 1 aromatic carbocycles. The Morgan fingerprint density at radius 1 is 1.42 bits per heavy atom. The highest BCUT2D eigenvalue weighted by molar-refractivity contribution is 9.10. The van der Waals surface area contributed by atoms with Crippen LogP contribution in [0.15, 0.2) is 34.8 Å². The summed E-state index contributed by atoms with van der Waals surface area (Å²) in [5.41, 5.74) is 0.842. The number of thioether (sulfide) groups is 1. The fraction of sp³-hybridized carbons (Fsp3) is 0.286. The molecule has 3 nitrogen and oxygen atoms in total. The first kappa shape index (κ1) is 14.2. The van der Waals surface area contributed by atoms with E-state index in [2.05, 4.69) is 15.9 Å². The molecule has 1 heterocycles. The van der Waals surface area contributed by atoms with E-state index < -0.39 is 11.9 Å². The fourth-order valence-electron chi connectivity index (χ4n) is 1.82. The Labute approximate surface area is 124 Å². The summed E-state index contributed by atoms with van der Waals surface area (Å²) in [6, 6.07) is 9.56. The first-order chi connectivity index (χ1) is 9.15. The van der Waals surface area contributed by atoms with Crippen LogP contribution in [0.5, 0.6) is 0 Å². The average Bonchev–Trinajstić information content (AvgIpc) is 2.39. The van der Waals surface area contributed by atoms with Gasteiger partial charge in [-0.15, -0.1) is 0 Å². The molecular weight excluding hydrogens is 326 g/mol. The number of rotatable bonds is 3. The molecule has 1 aliphatic rings. The minimum atomic E-state index is -0.718. The Balaban J connectivity index is 2.33. The van der Waals surface area contributed by atoms with Gasteiger partial charge in [0.25, 0.3) is 0 Å². The second-order valence-corrected chi connectivity index (χ2v) is 6.36. The fourth-order valence-corrected chi connectivity index (χ4v) is 3.05. The number of hydrogen-bond donors (Lipinski definition) is 0. The SMILES string of the molecule is CCS[C@H]1C=C(c2ccc(Br)cc2)OC(=O)[C@H]1C#N. The number of hydrogen-bond acceptors (Lipinski definition) is 4. The standard InChI is InChI=1S/C14H12BrNO2S/c1-2-19-13-7-12(18-14(17)11(13)8-16)9-3-5-10(15)6-4-9/h3-7,11,13H,2H2,1H3/t11-,13-/m0/s1. The number of ether oxygens (including phenoxy) is 1. The van der Waals surface area contributed by atoms with Crippen molar-refractivity contribution in [2.45, 2.75) is 12.2 Å². The van der Waals surface area contributed by atoms with Crippen molar-refractivity contribution in [3.63, 3.8) is 0 Å². The van der Waals surface area contributed by atoms with Gasteiger partial charge in [0, 0.05) is 10.0 Å². The summed E-state index contributed by atoms with van der Waals surface area (Å²) in [6.07, 6.45) is 1.87. The second-order valence-electron chi connectivity index (χ2n) is 3.99. The van der Waals surface area contributed by atoms with Crippen molar-refractivity contribution in [2.75, 3.05) is 5.75 Å². The van der Waals surface area contributed by atoms with Crippen molar-refractivity contribution in [3.8, 4) is 6.07 Å². The molecule has 0 fully saturated rings. The van der Waals surface area contributed by atoms with E-state index in [1.54, 1.807) is 11.8 Å². The Morgan fingerprint density at radius 3 is 2.68 bits per heavy atom. The largest absolute Gasteiger partial charge is 0.425 e. The molecule has 5 heteroatoms. The van der Waals surface area contributed by atoms with Crippen LogP contribution < -0.4 is 0 Å². The van der Waals surface area contributed by atoms with Crippen molar-refractivity contribution in [1.29, 1.82) is 5.26 Å². The van der Waals surface area contributed by atoms with Gasteiger partial charge < -0.3 is 4.74 Å². The van der Waals surface area contributed by atoms with Gasteiger partial charge in [0.15, 0.2) is 5.92 Å². The zero-order valence-electron chi connectivity index (χ0n) is 10.3. The molecule has 0 saturated heterocycles. The summed E-state index contributed by atoms with van der Waals surface area (Å²) < 4.78 is 6.23. The number of carbonyl (C=O) groups is 1. The highest BCUT2D eigenvalue weighted by Crippen LogP contribution is 2.32. The molecule has 2 rings (SSSR count). The van der Waals surface area contributed by atoms with Crippen LogP contribution in [0.1, 0.15) is 12.5 Å². The van der Waals surface area contributed by atoms with E-state index in [-0.39, 0.29) is 5.25 Å². The zero-order chi connectivity index (χ0) is 13.8. The number of nitriles is 1. The van der Waals surface area contributed by atoms with Crippen molar-refractivity contribution in [2.24, 2.45) is 5.92 Å². The lowest BCUT2D eigenvalue weighted by atomic mass is 10.0. The first-order valence-corrected chi connectivity index (χ1v) is 7.70. The zero-order valence-corrected chi connectivity index (χ0v) is 12.7. The maximum absolute atomic E-state index is 11.9. The number of halogens is 1. The third-order valence-corrected chi connectivity index (χ3v) is 4.39. The van der Waals surface area contributed by atoms with Crippen molar-refractivity contribution >= 4 is 39.4 Å². The Hall–Kier alpha value is -1.25. The summed E-state index contributed by atoms with van der Waals surface area (Å²) in [5, 5.41) is 8.91. The van der Waals surface area contributed by atoms with Gasteiger partial charge in [-0.05, 0) is 24.0 Å². The van der Waals surface area contributed by atoms with Crippen LogP contribution in [0.25, 0.3) is 5.76 Å². The molecule has 0 radical (unpaired) electrons. The monoisotopic (exact) mass is 337 g/mol. The van der Waals surface area contributed by atoms with E-state index in [4.69, 9.17) is 10.00 Å². The Bertz CT molecular complexity index is 548. The molecule has 1 aliphatic heterocycles. The van der Waals surface area contributed by atoms with Crippen molar-refractivity contribution in [1.82, 2.24) is 0 Å². The molecule has 1 aromatic rings. The lowest BCUT2D eigenvalue weighted by Gasteiger charge is -2.24. The summed E-state index contributed by atoms with van der Waals surface area (Å²) in [5.74, 6) is 0.202. The topological polar surface area (TPSA) is 50.1 Å². The third-order valence-electron chi connectivity index (χ3n) is 2.74. The lowest BCUT2D eigenvalue weighted by Crippen LogP contribution is -2.29. The van der Waals surface area contributed by atoms with Crippen LogP contribution in [-0.2, 0) is 9.53 Å². The van der Waals surface area contributed by atoms with Crippen LogP contribution in [-0.4, -0.2) is 17.0 Å². The molecule has 98 valence electrons. The van der Waals surface area contributed by atoms with Gasteiger partial charge in [-0.2, -0.15) is 17.0 Å². The van der Waals surface area contributed by atoms with E-state index in [0.717, 1.165) is 15.8 Å². The predicted octanol–water partition coefficient (Wildman–Crippen LogP) is 3.61. The predicted molar refractivity (Wildman–Crippen MR) is 79.2 cm³/mol. The van der Waals surface area contributed by atoms with Gasteiger partial charge in [0.2, 0.25) is 0 Å². The molecular formula is C14H12BrNO2S. The molecule has 0 saturated carbocycles. The van der Waals surface area contributed by atoms with Crippen LogP contribution >= 0.6 is 27.7 Å². The Morgan fingerprint density at radius 2 is 2.11 bits per heavy atom. The molecule has 0 bridgehead atoms. The normalized spacial score (nSPS) is 22.4. The van der Waals surface area contributed by atoms with Gasteiger partial charge in [-0.1, -0.05) is 35.0 Å². The maximum atomic E-state index is 11.9.